The van der Waals surface area contributed by atoms with Crippen LogP contribution in [0.15, 0.2) is 52.4 Å². The van der Waals surface area contributed by atoms with Gasteiger partial charge in [0, 0.05) is 17.1 Å². The molecule has 0 bridgehead atoms. The first kappa shape index (κ1) is 11.9. The molecule has 2 heterocycles. The molecule has 3 nitrogen and oxygen atoms in total. The number of anilines is 1. The van der Waals surface area contributed by atoms with Gasteiger partial charge in [-0.25, -0.2) is 9.37 Å². The number of hydrogen-bond acceptors (Lipinski definition) is 4. The van der Waals surface area contributed by atoms with E-state index >= 15 is 0 Å². The number of benzene rings is 1. The van der Waals surface area contributed by atoms with E-state index in [-0.39, 0.29) is 5.82 Å². The topological polar surface area (TPSA) is 38.1 Å². The SMILES string of the molecule is Fc1ccc(-c2ccc(CNc3nccs3)o2)cc1. The van der Waals surface area contributed by atoms with Gasteiger partial charge in [0.25, 0.3) is 0 Å². The van der Waals surface area contributed by atoms with Crippen LogP contribution in [0.2, 0.25) is 0 Å². The molecule has 0 aliphatic rings. The van der Waals surface area contributed by atoms with Crippen LogP contribution in [0, 0.1) is 5.82 Å². The van der Waals surface area contributed by atoms with Gasteiger partial charge in [0.1, 0.15) is 17.3 Å². The third-order valence-electron chi connectivity index (χ3n) is 2.64. The van der Waals surface area contributed by atoms with Crippen LogP contribution < -0.4 is 5.32 Å². The van der Waals surface area contributed by atoms with Gasteiger partial charge in [-0.15, -0.1) is 11.3 Å². The Kier molecular flexibility index (Phi) is 3.29. The van der Waals surface area contributed by atoms with Crippen molar-refractivity contribution >= 4 is 16.5 Å². The lowest BCUT2D eigenvalue weighted by atomic mass is 10.2. The van der Waals surface area contributed by atoms with Crippen molar-refractivity contribution in [3.63, 3.8) is 0 Å². The van der Waals surface area contributed by atoms with Crippen molar-refractivity contribution < 1.29 is 8.81 Å². The van der Waals surface area contributed by atoms with Gasteiger partial charge in [0.05, 0.1) is 6.54 Å². The number of nitrogens with zero attached hydrogens (tertiary/aromatic N) is 1. The van der Waals surface area contributed by atoms with Crippen molar-refractivity contribution in [1.82, 2.24) is 4.98 Å². The Balaban J connectivity index is 1.70. The second-order valence-electron chi connectivity index (χ2n) is 3.96. The van der Waals surface area contributed by atoms with Crippen LogP contribution in [0.3, 0.4) is 0 Å². The number of aromatic nitrogens is 1. The molecule has 3 aromatic rings. The fourth-order valence-electron chi connectivity index (χ4n) is 1.72. The number of nitrogens with one attached hydrogen (secondary N) is 1. The van der Waals surface area contributed by atoms with Gasteiger partial charge >= 0.3 is 0 Å². The summed E-state index contributed by atoms with van der Waals surface area (Å²) < 4.78 is 18.5. The molecule has 0 saturated carbocycles. The van der Waals surface area contributed by atoms with Crippen LogP contribution >= 0.6 is 11.3 Å². The second-order valence-corrected chi connectivity index (χ2v) is 4.86. The van der Waals surface area contributed by atoms with Gasteiger partial charge < -0.3 is 9.73 Å². The van der Waals surface area contributed by atoms with E-state index in [1.807, 2.05) is 17.5 Å². The number of furan rings is 1. The zero-order valence-electron chi connectivity index (χ0n) is 9.97. The number of rotatable bonds is 4. The van der Waals surface area contributed by atoms with Crippen LogP contribution in [0.4, 0.5) is 9.52 Å². The van der Waals surface area contributed by atoms with Crippen molar-refractivity contribution in [1.29, 1.82) is 0 Å². The Morgan fingerprint density at radius 2 is 2.00 bits per heavy atom. The molecular formula is C14H11FN2OS. The maximum atomic E-state index is 12.8. The van der Waals surface area contributed by atoms with Gasteiger partial charge in [-0.3, -0.25) is 0 Å². The fraction of sp³-hybridized carbons (Fsp3) is 0.0714. The highest BCUT2D eigenvalue weighted by Gasteiger charge is 2.05. The molecule has 0 fully saturated rings. The normalized spacial score (nSPS) is 10.6. The largest absolute Gasteiger partial charge is 0.459 e. The molecule has 0 amide bonds. The molecule has 96 valence electrons. The summed E-state index contributed by atoms with van der Waals surface area (Å²) in [6.07, 6.45) is 1.75. The quantitative estimate of drug-likeness (QED) is 0.776. The highest BCUT2D eigenvalue weighted by atomic mass is 32.1. The summed E-state index contributed by atoms with van der Waals surface area (Å²) in [5.41, 5.74) is 0.863. The minimum absolute atomic E-state index is 0.249. The van der Waals surface area contributed by atoms with Crippen LogP contribution in [0.5, 0.6) is 0 Å². The monoisotopic (exact) mass is 274 g/mol. The third kappa shape index (κ3) is 2.82. The first-order chi connectivity index (χ1) is 9.31. The molecule has 19 heavy (non-hydrogen) atoms. The van der Waals surface area contributed by atoms with Crippen LogP contribution in [0.1, 0.15) is 5.76 Å². The first-order valence-corrected chi connectivity index (χ1v) is 6.67. The summed E-state index contributed by atoms with van der Waals surface area (Å²) in [5.74, 6) is 1.30. The van der Waals surface area contributed by atoms with E-state index in [4.69, 9.17) is 4.42 Å². The predicted molar refractivity (Wildman–Crippen MR) is 73.5 cm³/mol. The van der Waals surface area contributed by atoms with E-state index in [0.717, 1.165) is 22.2 Å². The van der Waals surface area contributed by atoms with Gasteiger partial charge in [-0.05, 0) is 36.4 Å². The van der Waals surface area contributed by atoms with Crippen molar-refractivity contribution in [2.75, 3.05) is 5.32 Å². The molecule has 0 atom stereocenters. The van der Waals surface area contributed by atoms with Crippen LogP contribution in [-0.2, 0) is 6.54 Å². The highest BCUT2D eigenvalue weighted by Crippen LogP contribution is 2.23. The lowest BCUT2D eigenvalue weighted by molar-refractivity contribution is 0.531. The minimum atomic E-state index is -0.249. The lowest BCUT2D eigenvalue weighted by Crippen LogP contribution is -1.96. The molecule has 0 aliphatic heterocycles. The van der Waals surface area contributed by atoms with Gasteiger partial charge in [0.15, 0.2) is 5.13 Å². The molecule has 1 aromatic carbocycles. The summed E-state index contributed by atoms with van der Waals surface area (Å²) in [6, 6.07) is 10.0. The van der Waals surface area contributed by atoms with E-state index < -0.39 is 0 Å². The van der Waals surface area contributed by atoms with Crippen molar-refractivity contribution in [2.24, 2.45) is 0 Å². The summed E-state index contributed by atoms with van der Waals surface area (Å²) >= 11 is 1.54. The van der Waals surface area contributed by atoms with E-state index in [1.165, 1.54) is 12.1 Å². The summed E-state index contributed by atoms with van der Waals surface area (Å²) in [4.78, 5) is 4.13. The van der Waals surface area contributed by atoms with Crippen molar-refractivity contribution in [3.05, 3.63) is 59.6 Å². The van der Waals surface area contributed by atoms with Crippen molar-refractivity contribution in [3.8, 4) is 11.3 Å². The molecule has 1 N–H and O–H groups in total. The highest BCUT2D eigenvalue weighted by molar-refractivity contribution is 7.13. The zero-order chi connectivity index (χ0) is 13.1. The maximum absolute atomic E-state index is 12.8. The molecule has 0 spiro atoms. The minimum Gasteiger partial charge on any atom is -0.459 e. The Morgan fingerprint density at radius 1 is 1.16 bits per heavy atom. The summed E-state index contributed by atoms with van der Waals surface area (Å²) in [5, 5.41) is 5.94. The van der Waals surface area contributed by atoms with Crippen LogP contribution in [-0.4, -0.2) is 4.98 Å². The Bertz CT molecular complexity index is 646. The number of halogens is 1. The molecule has 0 aliphatic carbocycles. The zero-order valence-corrected chi connectivity index (χ0v) is 10.8. The van der Waals surface area contributed by atoms with E-state index in [9.17, 15) is 4.39 Å². The average Bonchev–Trinajstić information content (AvgIpc) is 3.09. The lowest BCUT2D eigenvalue weighted by Gasteiger charge is -1.99. The van der Waals surface area contributed by atoms with E-state index in [1.54, 1.807) is 29.7 Å². The summed E-state index contributed by atoms with van der Waals surface area (Å²) in [7, 11) is 0. The van der Waals surface area contributed by atoms with E-state index in [2.05, 4.69) is 10.3 Å². The van der Waals surface area contributed by atoms with Gasteiger partial charge in [-0.2, -0.15) is 0 Å². The second kappa shape index (κ2) is 5.24. The number of hydrogen-bond donors (Lipinski definition) is 1. The Hall–Kier alpha value is -2.14. The molecule has 2 aromatic heterocycles. The molecule has 3 rings (SSSR count). The molecular weight excluding hydrogens is 263 g/mol. The Labute approximate surface area is 113 Å². The smallest absolute Gasteiger partial charge is 0.182 e. The molecule has 0 saturated heterocycles. The third-order valence-corrected chi connectivity index (χ3v) is 3.37. The fourth-order valence-corrected chi connectivity index (χ4v) is 2.24. The van der Waals surface area contributed by atoms with Gasteiger partial charge in [-0.1, -0.05) is 0 Å². The predicted octanol–water partition coefficient (Wildman–Crippen LogP) is 4.15. The molecule has 5 heteroatoms. The molecule has 0 radical (unpaired) electrons. The van der Waals surface area contributed by atoms with E-state index in [0.29, 0.717) is 6.54 Å². The number of thiazole rings is 1. The standard InChI is InChI=1S/C14H11FN2OS/c15-11-3-1-10(2-4-11)13-6-5-12(18-13)9-17-14-16-7-8-19-14/h1-8H,9H2,(H,16,17). The summed E-state index contributed by atoms with van der Waals surface area (Å²) in [6.45, 7) is 0.578. The Morgan fingerprint density at radius 3 is 2.74 bits per heavy atom. The van der Waals surface area contributed by atoms with Crippen molar-refractivity contribution in [2.45, 2.75) is 6.54 Å². The maximum Gasteiger partial charge on any atom is 0.182 e. The first-order valence-electron chi connectivity index (χ1n) is 5.79. The average molecular weight is 274 g/mol. The molecule has 0 unspecified atom stereocenters. The van der Waals surface area contributed by atoms with Gasteiger partial charge in [0.2, 0.25) is 0 Å². The van der Waals surface area contributed by atoms with Crippen LogP contribution in [0.25, 0.3) is 11.3 Å².